The van der Waals surface area contributed by atoms with E-state index in [4.69, 9.17) is 0 Å². The van der Waals surface area contributed by atoms with Crippen LogP contribution in [0.25, 0.3) is 0 Å². The lowest BCUT2D eigenvalue weighted by Crippen LogP contribution is -2.28. The van der Waals surface area contributed by atoms with Crippen LogP contribution in [0.1, 0.15) is 23.9 Å². The van der Waals surface area contributed by atoms with Crippen LogP contribution in [-0.4, -0.2) is 33.6 Å². The van der Waals surface area contributed by atoms with Crippen LogP contribution in [0.15, 0.2) is 28.0 Å². The summed E-state index contributed by atoms with van der Waals surface area (Å²) in [4.78, 5) is 22.5. The summed E-state index contributed by atoms with van der Waals surface area (Å²) in [5.74, 6) is 0.505. The van der Waals surface area contributed by atoms with E-state index in [9.17, 15) is 4.79 Å². The first-order chi connectivity index (χ1) is 10.1. The summed E-state index contributed by atoms with van der Waals surface area (Å²) >= 11 is 3.07. The first-order valence-electron chi connectivity index (χ1n) is 6.81. The highest BCUT2D eigenvalue weighted by molar-refractivity contribution is 8.01. The van der Waals surface area contributed by atoms with Gasteiger partial charge in [0.2, 0.25) is 5.91 Å². The van der Waals surface area contributed by atoms with Crippen LogP contribution in [0.5, 0.6) is 0 Å². The molecule has 0 fully saturated rings. The predicted molar refractivity (Wildman–Crippen MR) is 87.7 cm³/mol. The van der Waals surface area contributed by atoms with Crippen molar-refractivity contribution in [1.82, 2.24) is 14.9 Å². The molecule has 0 bridgehead atoms. The molecule has 0 aliphatic rings. The van der Waals surface area contributed by atoms with Crippen LogP contribution in [0, 0.1) is 6.92 Å². The van der Waals surface area contributed by atoms with Crippen molar-refractivity contribution >= 4 is 29.0 Å². The lowest BCUT2D eigenvalue weighted by atomic mass is 10.2. The van der Waals surface area contributed by atoms with E-state index in [2.05, 4.69) is 23.0 Å². The number of carbonyl (C=O) groups is 1. The van der Waals surface area contributed by atoms with E-state index in [1.165, 1.54) is 17.3 Å². The van der Waals surface area contributed by atoms with Gasteiger partial charge >= 0.3 is 0 Å². The molecule has 0 N–H and O–H groups in total. The minimum Gasteiger partial charge on any atom is -0.339 e. The Labute approximate surface area is 133 Å². The van der Waals surface area contributed by atoms with Crippen LogP contribution >= 0.6 is 23.1 Å². The normalized spacial score (nSPS) is 10.6. The molecule has 21 heavy (non-hydrogen) atoms. The fourth-order valence-corrected chi connectivity index (χ4v) is 3.51. The van der Waals surface area contributed by atoms with Crippen molar-refractivity contribution in [2.75, 3.05) is 12.8 Å². The molecule has 6 heteroatoms. The van der Waals surface area contributed by atoms with Gasteiger partial charge in [0.15, 0.2) is 4.34 Å². The van der Waals surface area contributed by atoms with E-state index in [1.54, 1.807) is 16.2 Å². The summed E-state index contributed by atoms with van der Waals surface area (Å²) in [6.45, 7) is 4.60. The third-order valence-electron chi connectivity index (χ3n) is 3.04. The molecule has 0 aromatic carbocycles. The van der Waals surface area contributed by atoms with Crippen molar-refractivity contribution < 1.29 is 4.79 Å². The Morgan fingerprint density at radius 1 is 1.43 bits per heavy atom. The fraction of sp³-hybridized carbons (Fsp3) is 0.400. The molecule has 0 unspecified atom stereocenters. The van der Waals surface area contributed by atoms with E-state index in [0.29, 0.717) is 12.3 Å². The van der Waals surface area contributed by atoms with Crippen molar-refractivity contribution in [2.24, 2.45) is 0 Å². The van der Waals surface area contributed by atoms with Gasteiger partial charge in [0.05, 0.1) is 18.0 Å². The van der Waals surface area contributed by atoms with Gasteiger partial charge < -0.3 is 4.90 Å². The average molecular weight is 321 g/mol. The van der Waals surface area contributed by atoms with E-state index < -0.39 is 0 Å². The van der Waals surface area contributed by atoms with Gasteiger partial charge in [-0.2, -0.15) is 0 Å². The second-order valence-electron chi connectivity index (χ2n) is 4.80. The number of thioether (sulfide) groups is 1. The minimum atomic E-state index is 0.0919. The first-order valence-corrected chi connectivity index (χ1v) is 8.67. The smallest absolute Gasteiger partial charge is 0.233 e. The number of aromatic nitrogens is 2. The summed E-state index contributed by atoms with van der Waals surface area (Å²) in [6.07, 6.45) is 2.85. The van der Waals surface area contributed by atoms with Crippen molar-refractivity contribution in [3.8, 4) is 0 Å². The maximum atomic E-state index is 12.1. The average Bonchev–Trinajstić information content (AvgIpc) is 2.91. The Kier molecular flexibility index (Phi) is 5.76. The zero-order valence-corrected chi connectivity index (χ0v) is 14.1. The van der Waals surface area contributed by atoms with Gasteiger partial charge in [-0.3, -0.25) is 9.78 Å². The molecular weight excluding hydrogens is 302 g/mol. The van der Waals surface area contributed by atoms with Gasteiger partial charge in [0.1, 0.15) is 0 Å². The lowest BCUT2D eigenvalue weighted by molar-refractivity contribution is -0.127. The van der Waals surface area contributed by atoms with Crippen LogP contribution in [0.3, 0.4) is 0 Å². The van der Waals surface area contributed by atoms with E-state index in [-0.39, 0.29) is 5.91 Å². The highest BCUT2D eigenvalue weighted by Crippen LogP contribution is 2.22. The monoisotopic (exact) mass is 321 g/mol. The minimum absolute atomic E-state index is 0.0919. The topological polar surface area (TPSA) is 46.1 Å². The summed E-state index contributed by atoms with van der Waals surface area (Å²) < 4.78 is 0.944. The number of hydrogen-bond donors (Lipinski definition) is 0. The van der Waals surface area contributed by atoms with Gasteiger partial charge in [-0.05, 0) is 25.0 Å². The molecule has 2 rings (SSSR count). The molecule has 0 aliphatic heterocycles. The first kappa shape index (κ1) is 16.0. The molecule has 0 saturated heterocycles. The van der Waals surface area contributed by atoms with Gasteiger partial charge in [-0.15, -0.1) is 11.3 Å². The molecule has 112 valence electrons. The molecule has 0 aliphatic carbocycles. The number of aryl methyl sites for hydroxylation is 2. The van der Waals surface area contributed by atoms with Crippen LogP contribution in [0.4, 0.5) is 0 Å². The quantitative estimate of drug-likeness (QED) is 0.767. The molecule has 4 nitrogen and oxygen atoms in total. The number of hydrogen-bond acceptors (Lipinski definition) is 5. The number of amides is 1. The third kappa shape index (κ3) is 4.82. The van der Waals surface area contributed by atoms with Crippen molar-refractivity contribution in [3.05, 3.63) is 40.7 Å². The molecule has 0 spiro atoms. The molecule has 2 aromatic heterocycles. The number of thiazole rings is 1. The van der Waals surface area contributed by atoms with Crippen LogP contribution < -0.4 is 0 Å². The number of rotatable bonds is 6. The Hall–Kier alpha value is -1.40. The van der Waals surface area contributed by atoms with Crippen molar-refractivity contribution in [1.29, 1.82) is 0 Å². The van der Waals surface area contributed by atoms with Crippen molar-refractivity contribution in [3.63, 3.8) is 0 Å². The maximum absolute atomic E-state index is 12.1. The Morgan fingerprint density at radius 2 is 2.24 bits per heavy atom. The lowest BCUT2D eigenvalue weighted by Gasteiger charge is -2.16. The van der Waals surface area contributed by atoms with Crippen LogP contribution in [0.2, 0.25) is 0 Å². The molecule has 2 aromatic rings. The Bertz CT molecular complexity index is 595. The highest BCUT2D eigenvalue weighted by atomic mass is 32.2. The molecule has 1 amide bonds. The standard InChI is InChI=1S/C15H19N3OS2/c1-4-12-5-6-13(16-7-12)8-18(3)14(19)10-21-15-17-11(2)9-20-15/h5-7,9H,4,8,10H2,1-3H3. The van der Waals surface area contributed by atoms with Gasteiger partial charge in [0.25, 0.3) is 0 Å². The zero-order chi connectivity index (χ0) is 15.2. The Balaban J connectivity index is 1.83. The second kappa shape index (κ2) is 7.56. The maximum Gasteiger partial charge on any atom is 0.233 e. The summed E-state index contributed by atoms with van der Waals surface area (Å²) in [5, 5.41) is 2.00. The second-order valence-corrected chi connectivity index (χ2v) is 6.89. The van der Waals surface area contributed by atoms with Crippen LogP contribution in [-0.2, 0) is 17.8 Å². The largest absolute Gasteiger partial charge is 0.339 e. The summed E-state index contributed by atoms with van der Waals surface area (Å²) in [6, 6.07) is 4.05. The molecule has 0 atom stereocenters. The Morgan fingerprint density at radius 3 is 2.81 bits per heavy atom. The molecule has 2 heterocycles. The van der Waals surface area contributed by atoms with Crippen molar-refractivity contribution in [2.45, 2.75) is 31.2 Å². The van der Waals surface area contributed by atoms with E-state index >= 15 is 0 Å². The van der Waals surface area contributed by atoms with Gasteiger partial charge in [0, 0.05) is 24.3 Å². The molecule has 0 radical (unpaired) electrons. The van der Waals surface area contributed by atoms with E-state index in [1.807, 2.05) is 31.6 Å². The number of carbonyl (C=O) groups excluding carboxylic acids is 1. The number of nitrogens with zero attached hydrogens (tertiary/aromatic N) is 3. The summed E-state index contributed by atoms with van der Waals surface area (Å²) in [5.41, 5.74) is 3.13. The van der Waals surface area contributed by atoms with Gasteiger partial charge in [-0.25, -0.2) is 4.98 Å². The fourth-order valence-electron chi connectivity index (χ4n) is 1.72. The highest BCUT2D eigenvalue weighted by Gasteiger charge is 2.11. The molecule has 0 saturated carbocycles. The zero-order valence-electron chi connectivity index (χ0n) is 12.5. The SMILES string of the molecule is CCc1ccc(CN(C)C(=O)CSc2nc(C)cs2)nc1. The number of pyridine rings is 1. The van der Waals surface area contributed by atoms with E-state index in [0.717, 1.165) is 22.1 Å². The summed E-state index contributed by atoms with van der Waals surface area (Å²) in [7, 11) is 1.81. The van der Waals surface area contributed by atoms with Gasteiger partial charge in [-0.1, -0.05) is 24.8 Å². The third-order valence-corrected chi connectivity index (χ3v) is 5.16. The predicted octanol–water partition coefficient (Wildman–Crippen LogP) is 3.16. The molecular formula is C15H19N3OS2.